The van der Waals surface area contributed by atoms with Gasteiger partial charge >= 0.3 is 0 Å². The second kappa shape index (κ2) is 8.81. The maximum atomic E-state index is 13.7. The quantitative estimate of drug-likeness (QED) is 0.455. The number of nitrogens with one attached hydrogen (secondary N) is 2. The van der Waals surface area contributed by atoms with E-state index in [0.717, 1.165) is 22.7 Å². The summed E-state index contributed by atoms with van der Waals surface area (Å²) >= 11 is 11.8. The van der Waals surface area contributed by atoms with Gasteiger partial charge in [0.2, 0.25) is 5.91 Å². The number of nitrogens with zero attached hydrogens (tertiary/aromatic N) is 1. The van der Waals surface area contributed by atoms with Crippen molar-refractivity contribution in [3.63, 3.8) is 0 Å². The molecule has 2 aliphatic heterocycles. The van der Waals surface area contributed by atoms with Crippen molar-refractivity contribution in [2.45, 2.75) is 25.6 Å². The Morgan fingerprint density at radius 1 is 1.15 bits per heavy atom. The number of fused-ring (bicyclic) bond motifs is 4. The van der Waals surface area contributed by atoms with Gasteiger partial charge in [-0.25, -0.2) is 0 Å². The number of rotatable bonds is 5. The van der Waals surface area contributed by atoms with Crippen molar-refractivity contribution >= 4 is 46.2 Å². The number of benzene rings is 3. The average molecular weight is 494 g/mol. The monoisotopic (exact) mass is 493 g/mol. The smallest absolute Gasteiger partial charge is 0.236 e. The van der Waals surface area contributed by atoms with Crippen LogP contribution in [0, 0.1) is 5.92 Å². The summed E-state index contributed by atoms with van der Waals surface area (Å²) in [4.78, 5) is 15.6. The third-order valence-electron chi connectivity index (χ3n) is 6.21. The fourth-order valence-electron chi connectivity index (χ4n) is 4.73. The first-order valence-corrected chi connectivity index (χ1v) is 11.9. The van der Waals surface area contributed by atoms with E-state index in [2.05, 4.69) is 10.6 Å². The fraction of sp³-hybridized carbons (Fsp3) is 0.231. The highest BCUT2D eigenvalue weighted by Crippen LogP contribution is 2.49. The molecular weight excluding hydrogens is 470 g/mol. The molecule has 2 heterocycles. The van der Waals surface area contributed by atoms with Crippen LogP contribution in [0.25, 0.3) is 0 Å². The van der Waals surface area contributed by atoms with Crippen LogP contribution in [0.3, 0.4) is 0 Å². The topological polar surface area (TPSA) is 62.8 Å². The van der Waals surface area contributed by atoms with Gasteiger partial charge in [-0.1, -0.05) is 29.8 Å². The molecule has 0 aliphatic carbocycles. The van der Waals surface area contributed by atoms with E-state index in [4.69, 9.17) is 33.3 Å². The van der Waals surface area contributed by atoms with Crippen molar-refractivity contribution in [3.8, 4) is 11.5 Å². The molecule has 2 bridgehead atoms. The minimum Gasteiger partial charge on any atom is -0.494 e. The molecule has 34 heavy (non-hydrogen) atoms. The van der Waals surface area contributed by atoms with E-state index in [0.29, 0.717) is 22.4 Å². The van der Waals surface area contributed by atoms with Gasteiger partial charge in [-0.05, 0) is 80.7 Å². The van der Waals surface area contributed by atoms with E-state index in [1.54, 1.807) is 24.3 Å². The summed E-state index contributed by atoms with van der Waals surface area (Å²) in [6, 6.07) is 22.0. The lowest BCUT2D eigenvalue weighted by atomic mass is 9.78. The van der Waals surface area contributed by atoms with E-state index in [-0.39, 0.29) is 11.9 Å². The van der Waals surface area contributed by atoms with Gasteiger partial charge in [-0.3, -0.25) is 9.69 Å². The first kappa shape index (κ1) is 22.5. The molecule has 0 radical (unpaired) electrons. The number of halogens is 1. The molecule has 174 valence electrons. The number of thiocarbonyl (C=S) groups is 1. The van der Waals surface area contributed by atoms with Crippen LogP contribution in [0.4, 0.5) is 11.4 Å². The molecule has 0 aromatic heterocycles. The normalized spacial score (nSPS) is 22.8. The average Bonchev–Trinajstić information content (AvgIpc) is 2.81. The largest absolute Gasteiger partial charge is 0.494 e. The van der Waals surface area contributed by atoms with Crippen LogP contribution in [-0.4, -0.2) is 23.4 Å². The first-order valence-electron chi connectivity index (χ1n) is 11.1. The molecule has 0 unspecified atom stereocenters. The highest BCUT2D eigenvalue weighted by Gasteiger charge is 2.59. The van der Waals surface area contributed by atoms with Gasteiger partial charge in [0.15, 0.2) is 10.8 Å². The minimum atomic E-state index is -1.08. The summed E-state index contributed by atoms with van der Waals surface area (Å²) < 4.78 is 12.2. The van der Waals surface area contributed by atoms with E-state index in [9.17, 15) is 4.79 Å². The lowest BCUT2D eigenvalue weighted by Gasteiger charge is -2.56. The van der Waals surface area contributed by atoms with Crippen LogP contribution >= 0.6 is 23.8 Å². The van der Waals surface area contributed by atoms with E-state index in [1.807, 2.05) is 67.3 Å². The Morgan fingerprint density at radius 2 is 1.85 bits per heavy atom. The van der Waals surface area contributed by atoms with E-state index < -0.39 is 11.6 Å². The highest BCUT2D eigenvalue weighted by atomic mass is 35.5. The molecule has 0 saturated carbocycles. The van der Waals surface area contributed by atoms with Crippen LogP contribution in [0.1, 0.15) is 25.5 Å². The molecule has 1 saturated heterocycles. The Balaban J connectivity index is 1.57. The van der Waals surface area contributed by atoms with Crippen molar-refractivity contribution < 1.29 is 14.3 Å². The van der Waals surface area contributed by atoms with Crippen molar-refractivity contribution in [3.05, 3.63) is 83.4 Å². The highest BCUT2D eigenvalue weighted by molar-refractivity contribution is 7.80. The van der Waals surface area contributed by atoms with Crippen molar-refractivity contribution in [2.75, 3.05) is 16.8 Å². The van der Waals surface area contributed by atoms with Gasteiger partial charge in [-0.2, -0.15) is 0 Å². The Labute approximate surface area is 208 Å². The van der Waals surface area contributed by atoms with Crippen LogP contribution in [0.5, 0.6) is 11.5 Å². The van der Waals surface area contributed by atoms with Gasteiger partial charge in [0.05, 0.1) is 12.6 Å². The number of hydrogen-bond acceptors (Lipinski definition) is 4. The molecule has 2 aliphatic rings. The van der Waals surface area contributed by atoms with Gasteiger partial charge < -0.3 is 20.1 Å². The van der Waals surface area contributed by atoms with Gasteiger partial charge in [0.25, 0.3) is 0 Å². The molecule has 8 heteroatoms. The van der Waals surface area contributed by atoms with Crippen LogP contribution in [0.2, 0.25) is 5.02 Å². The van der Waals surface area contributed by atoms with E-state index in [1.165, 1.54) is 0 Å². The number of amides is 1. The van der Waals surface area contributed by atoms with Crippen molar-refractivity contribution in [2.24, 2.45) is 5.92 Å². The maximum absolute atomic E-state index is 13.7. The summed E-state index contributed by atoms with van der Waals surface area (Å²) in [5.41, 5.74) is 1.27. The van der Waals surface area contributed by atoms with Crippen LogP contribution in [0.15, 0.2) is 72.8 Å². The Kier molecular flexibility index (Phi) is 5.83. The van der Waals surface area contributed by atoms with E-state index >= 15 is 0 Å². The summed E-state index contributed by atoms with van der Waals surface area (Å²) in [6.07, 6.45) is 0. The summed E-state index contributed by atoms with van der Waals surface area (Å²) in [5.74, 6) is 0.681. The zero-order valence-electron chi connectivity index (χ0n) is 18.7. The van der Waals surface area contributed by atoms with Crippen LogP contribution < -0.4 is 25.0 Å². The summed E-state index contributed by atoms with van der Waals surface area (Å²) in [6.45, 7) is 4.43. The number of anilines is 2. The molecular formula is C26H24ClN3O3S. The number of carbonyl (C=O) groups is 1. The van der Waals surface area contributed by atoms with Gasteiger partial charge in [-0.15, -0.1) is 0 Å². The zero-order chi connectivity index (χ0) is 23.9. The number of hydrogen-bond donors (Lipinski definition) is 2. The SMILES string of the molecule is CCOc1ccc(N2C(=S)N[C@@H]3c4ccccc4O[C@@]2(C)[C@@H]3C(=O)Nc2ccc(Cl)cc2)cc1. The molecule has 0 spiro atoms. The number of para-hydroxylation sites is 1. The molecule has 1 amide bonds. The molecule has 3 aromatic carbocycles. The summed E-state index contributed by atoms with van der Waals surface area (Å²) in [5, 5.41) is 7.53. The standard InChI is InChI=1S/C26H24ClN3O3S/c1-3-32-19-14-12-18(13-15-19)30-25(34)29-23-20-6-4-5-7-21(20)33-26(30,2)22(23)24(31)28-17-10-8-16(27)9-11-17/h4-15,22-23H,3H2,1-2H3,(H,28,31)(H,29,34)/t22-,23+,26-/m0/s1. The van der Waals surface area contributed by atoms with Crippen molar-refractivity contribution in [1.29, 1.82) is 0 Å². The molecule has 3 aromatic rings. The Bertz CT molecular complexity index is 1230. The molecule has 2 N–H and O–H groups in total. The lowest BCUT2D eigenvalue weighted by Crippen LogP contribution is -2.72. The minimum absolute atomic E-state index is 0.185. The third kappa shape index (κ3) is 3.85. The second-order valence-corrected chi connectivity index (χ2v) is 9.18. The van der Waals surface area contributed by atoms with Gasteiger partial charge in [0, 0.05) is 22.0 Å². The zero-order valence-corrected chi connectivity index (χ0v) is 20.3. The van der Waals surface area contributed by atoms with Crippen molar-refractivity contribution in [1.82, 2.24) is 5.32 Å². The third-order valence-corrected chi connectivity index (χ3v) is 6.76. The lowest BCUT2D eigenvalue weighted by molar-refractivity contribution is -0.130. The Morgan fingerprint density at radius 3 is 2.56 bits per heavy atom. The molecule has 1 fully saturated rings. The Hall–Kier alpha value is -3.29. The molecule has 6 nitrogen and oxygen atoms in total. The predicted octanol–water partition coefficient (Wildman–Crippen LogP) is 5.54. The maximum Gasteiger partial charge on any atom is 0.236 e. The second-order valence-electron chi connectivity index (χ2n) is 8.36. The summed E-state index contributed by atoms with van der Waals surface area (Å²) in [7, 11) is 0. The number of ether oxygens (including phenoxy) is 2. The predicted molar refractivity (Wildman–Crippen MR) is 138 cm³/mol. The first-order chi connectivity index (χ1) is 16.4. The van der Waals surface area contributed by atoms with Crippen LogP contribution in [-0.2, 0) is 4.79 Å². The molecule has 3 atom stereocenters. The van der Waals surface area contributed by atoms with Gasteiger partial charge in [0.1, 0.15) is 17.4 Å². The fourth-order valence-corrected chi connectivity index (χ4v) is 5.27. The molecule has 5 rings (SSSR count). The number of carbonyl (C=O) groups excluding carboxylic acids is 1.